The molecule has 0 aliphatic carbocycles. The molecule has 0 aromatic rings. The Balaban J connectivity index is 0.000000180. The smallest absolute Gasteiger partial charge is 0.0483 e. The first-order valence-electron chi connectivity index (χ1n) is 3.99. The molecule has 0 amide bonds. The Morgan fingerprint density at radius 2 is 1.50 bits per heavy atom. The van der Waals surface area contributed by atoms with E-state index in [9.17, 15) is 0 Å². The zero-order chi connectivity index (χ0) is 7.82. The highest BCUT2D eigenvalue weighted by molar-refractivity contribution is 4.45. The average Bonchev–Trinajstić information content (AvgIpc) is 1.90. The largest absolute Gasteiger partial charge is 0.394 e. The normalized spacial score (nSPS) is 18.0. The molecule has 1 aliphatic heterocycles. The number of ether oxygens (including phenoxy) is 1. The third-order valence-electron chi connectivity index (χ3n) is 1.08. The maximum atomic E-state index is 8.06. The fourth-order valence-corrected chi connectivity index (χ4v) is 0.687. The first-order chi connectivity index (χ1) is 4.73. The van der Waals surface area contributed by atoms with E-state index in [-0.39, 0.29) is 6.10 Å². The molecule has 0 bridgehead atoms. The second kappa shape index (κ2) is 7.03. The summed E-state index contributed by atoms with van der Waals surface area (Å²) in [6.45, 7) is 5.44. The van der Waals surface area contributed by atoms with Crippen molar-refractivity contribution in [3.8, 4) is 0 Å². The quantitative estimate of drug-likeness (QED) is 0.562. The number of hydrogen-bond donors (Lipinski definition) is 1. The van der Waals surface area contributed by atoms with Gasteiger partial charge in [-0.25, -0.2) is 0 Å². The highest BCUT2D eigenvalue weighted by atomic mass is 16.5. The molecule has 0 spiro atoms. The molecule has 0 saturated carbocycles. The minimum absolute atomic E-state index is 0.167. The number of hydrogen-bond acceptors (Lipinski definition) is 2. The Morgan fingerprint density at radius 1 is 1.10 bits per heavy atom. The molecule has 0 radical (unpaired) electrons. The third kappa shape index (κ3) is 10.8. The summed E-state index contributed by atoms with van der Waals surface area (Å²) < 4.78 is 5.07. The Kier molecular flexibility index (Phi) is 6.98. The van der Waals surface area contributed by atoms with Gasteiger partial charge in [-0.1, -0.05) is 0 Å². The van der Waals surface area contributed by atoms with E-state index in [0.717, 1.165) is 13.2 Å². The number of aliphatic hydroxyl groups excluding tert-OH is 1. The topological polar surface area (TPSA) is 29.5 Å². The van der Waals surface area contributed by atoms with E-state index < -0.39 is 0 Å². The van der Waals surface area contributed by atoms with Gasteiger partial charge in [0, 0.05) is 19.3 Å². The number of aliphatic hydroxyl groups is 1. The zero-order valence-electron chi connectivity index (χ0n) is 6.97. The molecule has 10 heavy (non-hydrogen) atoms. The summed E-state index contributed by atoms with van der Waals surface area (Å²) in [5.41, 5.74) is 0. The second-order valence-electron chi connectivity index (χ2n) is 2.77. The van der Waals surface area contributed by atoms with Gasteiger partial charge in [0.15, 0.2) is 0 Å². The van der Waals surface area contributed by atoms with Gasteiger partial charge in [0.05, 0.1) is 0 Å². The Bertz CT molecular complexity index is 44.0. The van der Waals surface area contributed by atoms with Gasteiger partial charge in [-0.05, 0) is 33.1 Å². The monoisotopic (exact) mass is 146 g/mol. The van der Waals surface area contributed by atoms with Gasteiger partial charge in [0.2, 0.25) is 0 Å². The van der Waals surface area contributed by atoms with Gasteiger partial charge in [-0.2, -0.15) is 0 Å². The Labute approximate surface area is 63.2 Å². The van der Waals surface area contributed by atoms with E-state index in [0.29, 0.717) is 0 Å². The predicted octanol–water partition coefficient (Wildman–Crippen LogP) is 1.57. The van der Waals surface area contributed by atoms with E-state index >= 15 is 0 Å². The number of rotatable bonds is 0. The SMILES string of the molecule is C1CCOCC1.CC(C)O. The van der Waals surface area contributed by atoms with Crippen LogP contribution in [0, 0.1) is 0 Å². The van der Waals surface area contributed by atoms with Crippen LogP contribution < -0.4 is 0 Å². The minimum atomic E-state index is -0.167. The van der Waals surface area contributed by atoms with Gasteiger partial charge in [0.1, 0.15) is 0 Å². The lowest BCUT2D eigenvalue weighted by Crippen LogP contribution is -2.03. The lowest BCUT2D eigenvalue weighted by Gasteiger charge is -2.08. The van der Waals surface area contributed by atoms with Crippen LogP contribution in [-0.4, -0.2) is 24.4 Å². The van der Waals surface area contributed by atoms with Crippen molar-refractivity contribution in [1.82, 2.24) is 0 Å². The average molecular weight is 146 g/mol. The summed E-state index contributed by atoms with van der Waals surface area (Å²) in [7, 11) is 0. The minimum Gasteiger partial charge on any atom is -0.394 e. The molecular weight excluding hydrogens is 128 g/mol. The fraction of sp³-hybridized carbons (Fsp3) is 1.00. The molecule has 62 valence electrons. The van der Waals surface area contributed by atoms with Crippen molar-refractivity contribution in [3.63, 3.8) is 0 Å². The fourth-order valence-electron chi connectivity index (χ4n) is 0.687. The third-order valence-corrected chi connectivity index (χ3v) is 1.08. The van der Waals surface area contributed by atoms with E-state index in [2.05, 4.69) is 0 Å². The molecule has 1 rings (SSSR count). The van der Waals surface area contributed by atoms with Crippen molar-refractivity contribution in [2.24, 2.45) is 0 Å². The van der Waals surface area contributed by atoms with Gasteiger partial charge in [-0.3, -0.25) is 0 Å². The molecular formula is C8H18O2. The maximum absolute atomic E-state index is 8.06. The van der Waals surface area contributed by atoms with E-state index in [1.54, 1.807) is 13.8 Å². The lowest BCUT2D eigenvalue weighted by molar-refractivity contribution is 0.0968. The van der Waals surface area contributed by atoms with Crippen molar-refractivity contribution in [3.05, 3.63) is 0 Å². The molecule has 0 unspecified atom stereocenters. The van der Waals surface area contributed by atoms with Crippen LogP contribution in [0.15, 0.2) is 0 Å². The summed E-state index contributed by atoms with van der Waals surface area (Å²) in [5, 5.41) is 8.06. The highest BCUT2D eigenvalue weighted by Crippen LogP contribution is 2.02. The summed E-state index contributed by atoms with van der Waals surface area (Å²) in [5.74, 6) is 0. The van der Waals surface area contributed by atoms with Gasteiger partial charge >= 0.3 is 0 Å². The first-order valence-corrected chi connectivity index (χ1v) is 3.99. The molecule has 1 aliphatic rings. The van der Waals surface area contributed by atoms with Crippen molar-refractivity contribution in [1.29, 1.82) is 0 Å². The second-order valence-corrected chi connectivity index (χ2v) is 2.77. The molecule has 1 N–H and O–H groups in total. The zero-order valence-corrected chi connectivity index (χ0v) is 6.97. The molecule has 1 saturated heterocycles. The van der Waals surface area contributed by atoms with Crippen molar-refractivity contribution < 1.29 is 9.84 Å². The summed E-state index contributed by atoms with van der Waals surface area (Å²) in [6, 6.07) is 0. The molecule has 2 nitrogen and oxygen atoms in total. The van der Waals surface area contributed by atoms with E-state index in [1.165, 1.54) is 19.3 Å². The van der Waals surface area contributed by atoms with Gasteiger partial charge in [-0.15, -0.1) is 0 Å². The Morgan fingerprint density at radius 3 is 1.60 bits per heavy atom. The molecule has 0 aromatic heterocycles. The molecule has 1 fully saturated rings. The molecule has 0 atom stereocenters. The van der Waals surface area contributed by atoms with Crippen LogP contribution in [0.25, 0.3) is 0 Å². The van der Waals surface area contributed by atoms with Crippen molar-refractivity contribution >= 4 is 0 Å². The van der Waals surface area contributed by atoms with Gasteiger partial charge in [0.25, 0.3) is 0 Å². The highest BCUT2D eigenvalue weighted by Gasteiger charge is 1.94. The Hall–Kier alpha value is -0.0800. The van der Waals surface area contributed by atoms with Crippen LogP contribution in [-0.2, 0) is 4.74 Å². The first kappa shape index (κ1) is 9.92. The summed E-state index contributed by atoms with van der Waals surface area (Å²) in [6.07, 6.45) is 3.76. The van der Waals surface area contributed by atoms with Crippen LogP contribution >= 0.6 is 0 Å². The van der Waals surface area contributed by atoms with Crippen LogP contribution in [0.2, 0.25) is 0 Å². The molecule has 0 aromatic carbocycles. The standard InChI is InChI=1S/C5H10O.C3H8O/c1-2-4-6-5-3-1;1-3(2)4/h1-5H2;3-4H,1-2H3. The maximum Gasteiger partial charge on any atom is 0.0483 e. The van der Waals surface area contributed by atoms with Crippen LogP contribution in [0.1, 0.15) is 33.1 Å². The van der Waals surface area contributed by atoms with E-state index in [1.807, 2.05) is 0 Å². The van der Waals surface area contributed by atoms with Crippen molar-refractivity contribution in [2.45, 2.75) is 39.2 Å². The van der Waals surface area contributed by atoms with Crippen molar-refractivity contribution in [2.75, 3.05) is 13.2 Å². The van der Waals surface area contributed by atoms with Gasteiger partial charge < -0.3 is 9.84 Å². The summed E-state index contributed by atoms with van der Waals surface area (Å²) in [4.78, 5) is 0. The van der Waals surface area contributed by atoms with Crippen LogP contribution in [0.4, 0.5) is 0 Å². The van der Waals surface area contributed by atoms with Crippen LogP contribution in [0.5, 0.6) is 0 Å². The lowest BCUT2D eigenvalue weighted by atomic mass is 10.2. The predicted molar refractivity (Wildman–Crippen MR) is 42.0 cm³/mol. The van der Waals surface area contributed by atoms with Crippen LogP contribution in [0.3, 0.4) is 0 Å². The molecule has 1 heterocycles. The van der Waals surface area contributed by atoms with E-state index in [4.69, 9.17) is 9.84 Å². The summed E-state index contributed by atoms with van der Waals surface area (Å²) >= 11 is 0. The molecule has 2 heteroatoms.